The van der Waals surface area contributed by atoms with Crippen LogP contribution in [0.15, 0.2) is 24.3 Å². The molecule has 104 valence electrons. The van der Waals surface area contributed by atoms with E-state index in [-0.39, 0.29) is 11.8 Å². The van der Waals surface area contributed by atoms with Crippen molar-refractivity contribution < 1.29 is 13.9 Å². The van der Waals surface area contributed by atoms with E-state index in [1.165, 1.54) is 23.5 Å². The molecular weight excluding hydrogens is 277 g/mol. The van der Waals surface area contributed by atoms with Gasteiger partial charge in [0.15, 0.2) is 0 Å². The topological polar surface area (TPSA) is 38.3 Å². The van der Waals surface area contributed by atoms with Gasteiger partial charge >= 0.3 is 5.97 Å². The predicted octanol–water partition coefficient (Wildman–Crippen LogP) is 3.70. The number of thiophene rings is 1. The zero-order chi connectivity index (χ0) is 14.1. The van der Waals surface area contributed by atoms with Crippen molar-refractivity contribution in [3.05, 3.63) is 40.5 Å². The second-order valence-electron chi connectivity index (χ2n) is 4.55. The molecule has 2 heterocycles. The third-order valence-corrected chi connectivity index (χ3v) is 4.41. The molecule has 1 aromatic carbocycles. The number of rotatable bonds is 2. The molecule has 2 aromatic rings. The molecule has 0 amide bonds. The lowest BCUT2D eigenvalue weighted by Crippen LogP contribution is -2.04. The van der Waals surface area contributed by atoms with Gasteiger partial charge in [-0.05, 0) is 43.2 Å². The number of benzene rings is 1. The largest absolute Gasteiger partial charge is 0.462 e. The molecule has 3 nitrogen and oxygen atoms in total. The molecule has 0 unspecified atom stereocenters. The summed E-state index contributed by atoms with van der Waals surface area (Å²) in [7, 11) is 0. The van der Waals surface area contributed by atoms with Crippen molar-refractivity contribution in [2.45, 2.75) is 13.3 Å². The lowest BCUT2D eigenvalue weighted by atomic mass is 10.1. The molecule has 1 N–H and O–H groups in total. The summed E-state index contributed by atoms with van der Waals surface area (Å²) in [5, 5.41) is 3.22. The first-order valence-electron chi connectivity index (χ1n) is 6.52. The van der Waals surface area contributed by atoms with Crippen LogP contribution in [-0.4, -0.2) is 19.1 Å². The van der Waals surface area contributed by atoms with Gasteiger partial charge in [-0.25, -0.2) is 9.18 Å². The van der Waals surface area contributed by atoms with Crippen LogP contribution in [0.25, 0.3) is 10.4 Å². The third kappa shape index (κ3) is 2.29. The second kappa shape index (κ2) is 5.25. The minimum atomic E-state index is -0.290. The van der Waals surface area contributed by atoms with Crippen LogP contribution >= 0.6 is 11.3 Å². The first kappa shape index (κ1) is 13.1. The molecule has 0 saturated carbocycles. The number of anilines is 1. The fourth-order valence-corrected chi connectivity index (χ4v) is 3.48. The van der Waals surface area contributed by atoms with Crippen LogP contribution in [0.3, 0.4) is 0 Å². The molecule has 1 aromatic heterocycles. The number of hydrogen-bond acceptors (Lipinski definition) is 4. The number of nitrogens with one attached hydrogen (secondary N) is 1. The van der Waals surface area contributed by atoms with E-state index in [4.69, 9.17) is 4.74 Å². The van der Waals surface area contributed by atoms with Crippen LogP contribution in [0.1, 0.15) is 22.2 Å². The van der Waals surface area contributed by atoms with Gasteiger partial charge in [0.2, 0.25) is 0 Å². The Morgan fingerprint density at radius 1 is 1.45 bits per heavy atom. The van der Waals surface area contributed by atoms with Gasteiger partial charge in [0.05, 0.1) is 6.61 Å². The standard InChI is InChI=1S/C15H14FNO2S/c1-2-19-15(18)13-7-9-5-6-17-12-8-10(16)3-4-11(12)14(9)20-13/h3-4,7-8,17H,2,5-6H2,1H3. The summed E-state index contributed by atoms with van der Waals surface area (Å²) < 4.78 is 18.4. The van der Waals surface area contributed by atoms with Gasteiger partial charge in [0.1, 0.15) is 10.7 Å². The molecule has 0 fully saturated rings. The number of esters is 1. The van der Waals surface area contributed by atoms with E-state index in [1.807, 2.05) is 6.07 Å². The Morgan fingerprint density at radius 3 is 3.10 bits per heavy atom. The Bertz CT molecular complexity index is 666. The van der Waals surface area contributed by atoms with E-state index < -0.39 is 0 Å². The average molecular weight is 291 g/mol. The number of hydrogen-bond donors (Lipinski definition) is 1. The third-order valence-electron chi connectivity index (χ3n) is 3.22. The Labute approximate surface area is 120 Å². The van der Waals surface area contributed by atoms with Crippen LogP contribution in [0, 0.1) is 5.82 Å². The zero-order valence-corrected chi connectivity index (χ0v) is 11.8. The fraction of sp³-hybridized carbons (Fsp3) is 0.267. The zero-order valence-electron chi connectivity index (χ0n) is 11.0. The highest BCUT2D eigenvalue weighted by atomic mass is 32.1. The molecule has 5 heteroatoms. The molecular formula is C15H14FNO2S. The van der Waals surface area contributed by atoms with Gasteiger partial charge in [-0.15, -0.1) is 11.3 Å². The minimum Gasteiger partial charge on any atom is -0.462 e. The van der Waals surface area contributed by atoms with Crippen molar-refractivity contribution in [2.75, 3.05) is 18.5 Å². The molecule has 0 saturated heterocycles. The maximum absolute atomic E-state index is 13.3. The SMILES string of the molecule is CCOC(=O)c1cc2c(s1)-c1ccc(F)cc1NCC2. The highest BCUT2D eigenvalue weighted by Crippen LogP contribution is 2.39. The maximum atomic E-state index is 13.3. The first-order chi connectivity index (χ1) is 9.69. The van der Waals surface area contributed by atoms with Crippen molar-refractivity contribution in [1.29, 1.82) is 0 Å². The molecule has 0 bridgehead atoms. The second-order valence-corrected chi connectivity index (χ2v) is 5.60. The molecule has 20 heavy (non-hydrogen) atoms. The smallest absolute Gasteiger partial charge is 0.348 e. The van der Waals surface area contributed by atoms with Crippen LogP contribution < -0.4 is 5.32 Å². The van der Waals surface area contributed by atoms with E-state index in [0.29, 0.717) is 11.5 Å². The van der Waals surface area contributed by atoms with Gasteiger partial charge in [-0.1, -0.05) is 0 Å². The molecule has 1 aliphatic rings. The van der Waals surface area contributed by atoms with E-state index in [1.54, 1.807) is 13.0 Å². The summed E-state index contributed by atoms with van der Waals surface area (Å²) in [6.07, 6.45) is 0.807. The summed E-state index contributed by atoms with van der Waals surface area (Å²) >= 11 is 1.41. The number of halogens is 1. The van der Waals surface area contributed by atoms with Crippen molar-refractivity contribution >= 4 is 23.0 Å². The average Bonchev–Trinajstić information content (AvgIpc) is 2.77. The van der Waals surface area contributed by atoms with E-state index in [9.17, 15) is 9.18 Å². The van der Waals surface area contributed by atoms with Crippen LogP contribution in [0.5, 0.6) is 0 Å². The lowest BCUT2D eigenvalue weighted by molar-refractivity contribution is 0.0532. The number of carbonyl (C=O) groups excluding carboxylic acids is 1. The predicted molar refractivity (Wildman–Crippen MR) is 77.9 cm³/mol. The maximum Gasteiger partial charge on any atom is 0.348 e. The Morgan fingerprint density at radius 2 is 2.30 bits per heavy atom. The molecule has 3 rings (SSSR count). The van der Waals surface area contributed by atoms with Crippen molar-refractivity contribution in [2.24, 2.45) is 0 Å². The quantitative estimate of drug-likeness (QED) is 0.857. The van der Waals surface area contributed by atoms with Gasteiger partial charge in [-0.2, -0.15) is 0 Å². The number of ether oxygens (including phenoxy) is 1. The van der Waals surface area contributed by atoms with Crippen molar-refractivity contribution in [3.8, 4) is 10.4 Å². The van der Waals surface area contributed by atoms with Gasteiger partial charge in [0.25, 0.3) is 0 Å². The van der Waals surface area contributed by atoms with E-state index in [2.05, 4.69) is 5.32 Å². The summed E-state index contributed by atoms with van der Waals surface area (Å²) in [5.74, 6) is -0.552. The summed E-state index contributed by atoms with van der Waals surface area (Å²) in [6.45, 7) is 2.88. The van der Waals surface area contributed by atoms with Crippen LogP contribution in [0.4, 0.5) is 10.1 Å². The van der Waals surface area contributed by atoms with Crippen LogP contribution in [0.2, 0.25) is 0 Å². The van der Waals surface area contributed by atoms with Gasteiger partial charge in [-0.3, -0.25) is 0 Å². The summed E-state index contributed by atoms with van der Waals surface area (Å²) in [6, 6.07) is 6.58. The first-order valence-corrected chi connectivity index (χ1v) is 7.34. The van der Waals surface area contributed by atoms with Crippen LogP contribution in [-0.2, 0) is 11.2 Å². The minimum absolute atomic E-state index is 0.262. The van der Waals surface area contributed by atoms with E-state index >= 15 is 0 Å². The number of fused-ring (bicyclic) bond motifs is 3. The Balaban J connectivity index is 2.07. The molecule has 0 radical (unpaired) electrons. The normalized spacial score (nSPS) is 12.9. The summed E-state index contributed by atoms with van der Waals surface area (Å²) in [5.41, 5.74) is 2.83. The lowest BCUT2D eigenvalue weighted by Gasteiger charge is -2.07. The van der Waals surface area contributed by atoms with Gasteiger partial charge in [0, 0.05) is 22.7 Å². The van der Waals surface area contributed by atoms with Crippen molar-refractivity contribution in [3.63, 3.8) is 0 Å². The fourth-order valence-electron chi connectivity index (χ4n) is 2.34. The molecule has 1 aliphatic heterocycles. The highest BCUT2D eigenvalue weighted by molar-refractivity contribution is 7.17. The molecule has 0 atom stereocenters. The molecule has 0 spiro atoms. The molecule has 0 aliphatic carbocycles. The van der Waals surface area contributed by atoms with Gasteiger partial charge < -0.3 is 10.1 Å². The Hall–Kier alpha value is -1.88. The highest BCUT2D eigenvalue weighted by Gasteiger charge is 2.21. The summed E-state index contributed by atoms with van der Waals surface area (Å²) in [4.78, 5) is 13.5. The number of carbonyl (C=O) groups is 1. The Kier molecular flexibility index (Phi) is 3.44. The van der Waals surface area contributed by atoms with Crippen molar-refractivity contribution in [1.82, 2.24) is 0 Å². The van der Waals surface area contributed by atoms with E-state index in [0.717, 1.165) is 34.7 Å². The monoisotopic (exact) mass is 291 g/mol.